The lowest BCUT2D eigenvalue weighted by Crippen LogP contribution is -2.16. The first-order valence-electron chi connectivity index (χ1n) is 11.3. The molecule has 3 aromatic carbocycles. The minimum atomic E-state index is -0.298. The number of hydrogen-bond acceptors (Lipinski definition) is 6. The number of H-pyrrole nitrogens is 1. The van der Waals surface area contributed by atoms with Gasteiger partial charge in [-0.2, -0.15) is 5.10 Å². The topological polar surface area (TPSA) is 105 Å². The van der Waals surface area contributed by atoms with Crippen LogP contribution < -0.4 is 20.1 Å². The second-order valence-electron chi connectivity index (χ2n) is 8.27. The number of amides is 2. The van der Waals surface area contributed by atoms with E-state index in [1.165, 1.54) is 17.3 Å². The van der Waals surface area contributed by atoms with Crippen LogP contribution in [0.3, 0.4) is 0 Å². The number of benzene rings is 3. The van der Waals surface area contributed by atoms with Crippen LogP contribution in [0.1, 0.15) is 21.5 Å². The van der Waals surface area contributed by atoms with Gasteiger partial charge in [0.2, 0.25) is 12.7 Å². The van der Waals surface area contributed by atoms with Crippen molar-refractivity contribution in [2.75, 3.05) is 23.2 Å². The maximum absolute atomic E-state index is 13.0. The minimum absolute atomic E-state index is 0.137. The van der Waals surface area contributed by atoms with Gasteiger partial charge < -0.3 is 20.1 Å². The zero-order valence-electron chi connectivity index (χ0n) is 19.8. The normalized spacial score (nSPS) is 11.8. The molecule has 36 heavy (non-hydrogen) atoms. The lowest BCUT2D eigenvalue weighted by molar-refractivity contribution is -0.113. The Morgan fingerprint density at radius 3 is 2.69 bits per heavy atom. The van der Waals surface area contributed by atoms with Crippen LogP contribution in [0.25, 0.3) is 11.3 Å². The van der Waals surface area contributed by atoms with Crippen molar-refractivity contribution in [3.8, 4) is 22.8 Å². The molecule has 1 aliphatic rings. The fourth-order valence-corrected chi connectivity index (χ4v) is 4.69. The number of anilines is 2. The highest BCUT2D eigenvalue weighted by atomic mass is 32.2. The van der Waals surface area contributed by atoms with Gasteiger partial charge in [0.05, 0.1) is 17.0 Å². The van der Waals surface area contributed by atoms with Crippen molar-refractivity contribution in [2.24, 2.45) is 0 Å². The second-order valence-corrected chi connectivity index (χ2v) is 9.29. The van der Waals surface area contributed by atoms with E-state index < -0.39 is 0 Å². The van der Waals surface area contributed by atoms with E-state index in [4.69, 9.17) is 9.47 Å². The highest BCUT2D eigenvalue weighted by Gasteiger charge is 2.17. The summed E-state index contributed by atoms with van der Waals surface area (Å²) in [6, 6.07) is 20.3. The van der Waals surface area contributed by atoms with E-state index in [-0.39, 0.29) is 24.4 Å². The van der Waals surface area contributed by atoms with Gasteiger partial charge in [0, 0.05) is 28.3 Å². The average Bonchev–Trinajstić information content (AvgIpc) is 3.54. The van der Waals surface area contributed by atoms with E-state index in [1.807, 2.05) is 30.3 Å². The summed E-state index contributed by atoms with van der Waals surface area (Å²) in [6.45, 7) is 4.29. The van der Waals surface area contributed by atoms with Crippen LogP contribution in [0, 0.1) is 13.8 Å². The van der Waals surface area contributed by atoms with Crippen molar-refractivity contribution in [1.82, 2.24) is 10.2 Å². The van der Waals surface area contributed by atoms with Gasteiger partial charge in [-0.3, -0.25) is 14.7 Å². The van der Waals surface area contributed by atoms with Crippen molar-refractivity contribution in [3.05, 3.63) is 83.4 Å². The molecule has 0 atom stereocenters. The van der Waals surface area contributed by atoms with Crippen LogP contribution in [0.15, 0.2) is 71.6 Å². The van der Waals surface area contributed by atoms with Gasteiger partial charge in [0.25, 0.3) is 5.91 Å². The van der Waals surface area contributed by atoms with Crippen molar-refractivity contribution in [3.63, 3.8) is 0 Å². The standard InChI is InChI=1S/C27H24N4O4S/c1-16-6-5-8-19(17(16)2)21-13-25(31-30-21)29-27(33)20-7-3-4-9-24(20)36-14-26(32)28-18-10-11-22-23(12-18)35-15-34-22/h3-13H,14-15H2,1-2H3,(H,28,32)(H2,29,30,31,33). The molecule has 9 heteroatoms. The lowest BCUT2D eigenvalue weighted by Gasteiger charge is -2.09. The molecule has 8 nitrogen and oxygen atoms in total. The summed E-state index contributed by atoms with van der Waals surface area (Å²) in [5.41, 5.74) is 5.28. The number of carbonyl (C=O) groups is 2. The maximum atomic E-state index is 13.0. The number of thioether (sulfide) groups is 1. The van der Waals surface area contributed by atoms with Gasteiger partial charge in [-0.05, 0) is 49.2 Å². The summed E-state index contributed by atoms with van der Waals surface area (Å²) in [5.74, 6) is 1.32. The van der Waals surface area contributed by atoms with Crippen LogP contribution in [0.4, 0.5) is 11.5 Å². The number of carbonyl (C=O) groups excluding carboxylic acids is 2. The van der Waals surface area contributed by atoms with Gasteiger partial charge in [0.15, 0.2) is 17.3 Å². The summed E-state index contributed by atoms with van der Waals surface area (Å²) in [4.78, 5) is 26.3. The highest BCUT2D eigenvalue weighted by Crippen LogP contribution is 2.34. The number of aryl methyl sites for hydroxylation is 1. The zero-order chi connectivity index (χ0) is 25.1. The number of nitrogens with one attached hydrogen (secondary N) is 3. The Bertz CT molecular complexity index is 1450. The number of hydrogen-bond donors (Lipinski definition) is 3. The van der Waals surface area contributed by atoms with Gasteiger partial charge >= 0.3 is 0 Å². The molecule has 0 radical (unpaired) electrons. The van der Waals surface area contributed by atoms with E-state index in [0.29, 0.717) is 33.5 Å². The first-order valence-corrected chi connectivity index (χ1v) is 12.3. The van der Waals surface area contributed by atoms with Gasteiger partial charge in [-0.1, -0.05) is 30.3 Å². The molecule has 0 fully saturated rings. The van der Waals surface area contributed by atoms with Crippen LogP contribution in [0.2, 0.25) is 0 Å². The smallest absolute Gasteiger partial charge is 0.257 e. The Morgan fingerprint density at radius 1 is 0.972 bits per heavy atom. The molecular formula is C27H24N4O4S. The quantitative estimate of drug-likeness (QED) is 0.293. The van der Waals surface area contributed by atoms with E-state index in [9.17, 15) is 9.59 Å². The van der Waals surface area contributed by atoms with E-state index in [0.717, 1.165) is 16.8 Å². The maximum Gasteiger partial charge on any atom is 0.257 e. The molecule has 0 bridgehead atoms. The summed E-state index contributed by atoms with van der Waals surface area (Å²) < 4.78 is 10.6. The Kier molecular flexibility index (Phi) is 6.64. The fraction of sp³-hybridized carbons (Fsp3) is 0.148. The number of aromatic amines is 1. The molecule has 3 N–H and O–H groups in total. The Morgan fingerprint density at radius 2 is 1.81 bits per heavy atom. The largest absolute Gasteiger partial charge is 0.454 e. The highest BCUT2D eigenvalue weighted by molar-refractivity contribution is 8.00. The fourth-order valence-electron chi connectivity index (χ4n) is 3.85. The third-order valence-corrected chi connectivity index (χ3v) is 6.93. The third kappa shape index (κ3) is 5.06. The summed E-state index contributed by atoms with van der Waals surface area (Å²) >= 11 is 1.29. The van der Waals surface area contributed by atoms with E-state index in [2.05, 4.69) is 40.7 Å². The van der Waals surface area contributed by atoms with E-state index >= 15 is 0 Å². The first-order chi connectivity index (χ1) is 17.5. The van der Waals surface area contributed by atoms with Gasteiger partial charge in [-0.15, -0.1) is 11.8 Å². The summed E-state index contributed by atoms with van der Waals surface area (Å²) in [7, 11) is 0. The Labute approximate surface area is 212 Å². The number of rotatable bonds is 7. The average molecular weight is 501 g/mol. The molecule has 4 aromatic rings. The number of ether oxygens (including phenoxy) is 2. The molecule has 0 saturated carbocycles. The number of nitrogens with zero attached hydrogens (tertiary/aromatic N) is 1. The van der Waals surface area contributed by atoms with Crippen LogP contribution in [-0.2, 0) is 4.79 Å². The molecule has 1 aromatic heterocycles. The molecule has 0 unspecified atom stereocenters. The molecule has 0 spiro atoms. The SMILES string of the molecule is Cc1cccc(-c2cc(NC(=O)c3ccccc3SCC(=O)Nc3ccc4c(c3)OCO4)n[nH]2)c1C. The van der Waals surface area contributed by atoms with Gasteiger partial charge in [0.1, 0.15) is 0 Å². The van der Waals surface area contributed by atoms with E-state index in [1.54, 1.807) is 30.3 Å². The van der Waals surface area contributed by atoms with Crippen LogP contribution in [-0.4, -0.2) is 34.6 Å². The molecule has 0 aliphatic carbocycles. The molecule has 2 heterocycles. The first kappa shape index (κ1) is 23.5. The predicted octanol–water partition coefficient (Wildman–Crippen LogP) is 5.41. The minimum Gasteiger partial charge on any atom is -0.454 e. The second kappa shape index (κ2) is 10.2. The van der Waals surface area contributed by atoms with Crippen molar-refractivity contribution in [2.45, 2.75) is 18.7 Å². The number of aromatic nitrogens is 2. The van der Waals surface area contributed by atoms with Crippen LogP contribution in [0.5, 0.6) is 11.5 Å². The lowest BCUT2D eigenvalue weighted by atomic mass is 10.0. The third-order valence-electron chi connectivity index (χ3n) is 5.86. The summed E-state index contributed by atoms with van der Waals surface area (Å²) in [6.07, 6.45) is 0. The zero-order valence-corrected chi connectivity index (χ0v) is 20.6. The van der Waals surface area contributed by atoms with Crippen molar-refractivity contribution in [1.29, 1.82) is 0 Å². The predicted molar refractivity (Wildman–Crippen MR) is 140 cm³/mol. The van der Waals surface area contributed by atoms with Crippen molar-refractivity contribution >= 4 is 35.1 Å². The molecule has 182 valence electrons. The molecule has 2 amide bonds. The Balaban J connectivity index is 1.23. The molecule has 1 aliphatic heterocycles. The van der Waals surface area contributed by atoms with Crippen molar-refractivity contribution < 1.29 is 19.1 Å². The van der Waals surface area contributed by atoms with Crippen LogP contribution >= 0.6 is 11.8 Å². The molecular weight excluding hydrogens is 476 g/mol. The Hall–Kier alpha value is -4.24. The summed E-state index contributed by atoms with van der Waals surface area (Å²) in [5, 5.41) is 13.0. The van der Waals surface area contributed by atoms with Gasteiger partial charge in [-0.25, -0.2) is 0 Å². The monoisotopic (exact) mass is 500 g/mol. The molecule has 5 rings (SSSR count). The number of fused-ring (bicyclic) bond motifs is 1. The molecule has 0 saturated heterocycles.